The van der Waals surface area contributed by atoms with Gasteiger partial charge in [0.2, 0.25) is 0 Å². The summed E-state index contributed by atoms with van der Waals surface area (Å²) in [7, 11) is -3.72. The molecular formula is C5H8N4O2S. The number of pyridine rings is 1. The van der Waals surface area contributed by atoms with Gasteiger partial charge in [-0.25, -0.2) is 10.1 Å². The van der Waals surface area contributed by atoms with Gasteiger partial charge >= 0.3 is 0 Å². The molecule has 7 heteroatoms. The lowest BCUT2D eigenvalue weighted by Crippen LogP contribution is -2.21. The zero-order valence-corrected chi connectivity index (χ0v) is 6.88. The maximum Gasteiger partial charge on any atom is 0.296 e. The van der Waals surface area contributed by atoms with E-state index in [0.717, 1.165) is 0 Å². The summed E-state index contributed by atoms with van der Waals surface area (Å²) in [6, 6.07) is 2.93. The van der Waals surface area contributed by atoms with Crippen molar-refractivity contribution in [2.45, 2.75) is 0 Å². The molecule has 0 aliphatic heterocycles. The molecule has 1 rings (SSSR count). The van der Waals surface area contributed by atoms with Gasteiger partial charge in [-0.1, -0.05) is 0 Å². The largest absolute Gasteiger partial charge is 0.384 e. The van der Waals surface area contributed by atoms with E-state index in [2.05, 4.69) is 4.98 Å². The number of rotatable bonds is 2. The molecule has 0 aromatic carbocycles. The van der Waals surface area contributed by atoms with Crippen molar-refractivity contribution in [1.82, 2.24) is 4.98 Å². The molecule has 0 saturated carbocycles. The highest BCUT2D eigenvalue weighted by atomic mass is 32.2. The van der Waals surface area contributed by atoms with E-state index in [0.29, 0.717) is 5.82 Å². The number of nitrogens with two attached hydrogens (primary N) is 2. The van der Waals surface area contributed by atoms with E-state index in [1.165, 1.54) is 18.3 Å². The summed E-state index contributed by atoms with van der Waals surface area (Å²) in [6.07, 6.45) is 1.28. The van der Waals surface area contributed by atoms with Gasteiger partial charge in [-0.2, -0.15) is 8.42 Å². The maximum atomic E-state index is 10.5. The van der Waals surface area contributed by atoms with Crippen LogP contribution in [0, 0.1) is 0 Å². The van der Waals surface area contributed by atoms with Crippen LogP contribution in [0.2, 0.25) is 0 Å². The Bertz CT molecular complexity index is 358. The Morgan fingerprint density at radius 1 is 1.42 bits per heavy atom. The quantitative estimate of drug-likeness (QED) is 0.568. The molecule has 0 aliphatic rings. The normalized spacial score (nSPS) is 11.1. The average Bonchev–Trinajstić information content (AvgIpc) is 1.91. The van der Waals surface area contributed by atoms with Crippen molar-refractivity contribution in [2.75, 3.05) is 10.5 Å². The summed E-state index contributed by atoms with van der Waals surface area (Å²) in [5.74, 6) is 0.315. The molecule has 0 amide bonds. The fourth-order valence-electron chi connectivity index (χ4n) is 0.630. The number of nitrogens with one attached hydrogen (secondary N) is 1. The van der Waals surface area contributed by atoms with Crippen molar-refractivity contribution in [1.29, 1.82) is 0 Å². The molecule has 66 valence electrons. The third-order valence-corrected chi connectivity index (χ3v) is 1.57. The molecule has 1 aromatic rings. The highest BCUT2D eigenvalue weighted by molar-refractivity contribution is 7.90. The van der Waals surface area contributed by atoms with Crippen LogP contribution in [0.15, 0.2) is 18.3 Å². The number of nitrogen functional groups attached to an aromatic ring is 1. The first-order valence-corrected chi connectivity index (χ1v) is 4.54. The van der Waals surface area contributed by atoms with Gasteiger partial charge in [0, 0.05) is 0 Å². The number of hydrogen-bond donors (Lipinski definition) is 3. The van der Waals surface area contributed by atoms with Gasteiger partial charge in [0.25, 0.3) is 10.2 Å². The van der Waals surface area contributed by atoms with E-state index in [-0.39, 0.29) is 5.69 Å². The van der Waals surface area contributed by atoms with Crippen molar-refractivity contribution < 1.29 is 8.42 Å². The Kier molecular flexibility index (Phi) is 2.15. The molecule has 6 nitrogen and oxygen atoms in total. The topological polar surface area (TPSA) is 111 Å². The van der Waals surface area contributed by atoms with Crippen LogP contribution < -0.4 is 15.6 Å². The molecule has 0 saturated heterocycles. The van der Waals surface area contributed by atoms with Crippen LogP contribution in [0.5, 0.6) is 0 Å². The fourth-order valence-corrected chi connectivity index (χ4v) is 1.08. The number of aromatic nitrogens is 1. The molecule has 0 fully saturated rings. The van der Waals surface area contributed by atoms with Crippen LogP contribution in [0.25, 0.3) is 0 Å². The van der Waals surface area contributed by atoms with Gasteiger partial charge < -0.3 is 5.73 Å². The first-order valence-electron chi connectivity index (χ1n) is 2.99. The lowest BCUT2D eigenvalue weighted by molar-refractivity contribution is 0.603. The molecule has 1 aromatic heterocycles. The van der Waals surface area contributed by atoms with Crippen molar-refractivity contribution in [3.8, 4) is 0 Å². The maximum absolute atomic E-state index is 10.5. The lowest BCUT2D eigenvalue weighted by Gasteiger charge is -2.01. The molecule has 12 heavy (non-hydrogen) atoms. The van der Waals surface area contributed by atoms with Gasteiger partial charge in [0.15, 0.2) is 0 Å². The van der Waals surface area contributed by atoms with Crippen molar-refractivity contribution in [3.63, 3.8) is 0 Å². The van der Waals surface area contributed by atoms with Crippen molar-refractivity contribution >= 4 is 21.7 Å². The van der Waals surface area contributed by atoms with Gasteiger partial charge in [-0.15, -0.1) is 0 Å². The Morgan fingerprint density at radius 2 is 2.08 bits per heavy atom. The minimum Gasteiger partial charge on any atom is -0.384 e. The van der Waals surface area contributed by atoms with E-state index in [1.54, 1.807) is 0 Å². The van der Waals surface area contributed by atoms with Crippen molar-refractivity contribution in [2.24, 2.45) is 5.14 Å². The second-order valence-electron chi connectivity index (χ2n) is 2.12. The molecule has 0 spiro atoms. The molecular weight excluding hydrogens is 180 g/mol. The molecule has 1 heterocycles. The Morgan fingerprint density at radius 3 is 2.50 bits per heavy atom. The Labute approximate surface area is 69.8 Å². The lowest BCUT2D eigenvalue weighted by atomic mass is 10.4. The van der Waals surface area contributed by atoms with Gasteiger partial charge in [0.1, 0.15) is 5.82 Å². The van der Waals surface area contributed by atoms with E-state index in [4.69, 9.17) is 10.9 Å². The van der Waals surface area contributed by atoms with Crippen LogP contribution >= 0.6 is 0 Å². The van der Waals surface area contributed by atoms with Crippen LogP contribution in [-0.2, 0) is 10.2 Å². The van der Waals surface area contributed by atoms with Crippen LogP contribution in [0.3, 0.4) is 0 Å². The molecule has 5 N–H and O–H groups in total. The second-order valence-corrected chi connectivity index (χ2v) is 3.41. The average molecular weight is 188 g/mol. The molecule has 0 bridgehead atoms. The van der Waals surface area contributed by atoms with Gasteiger partial charge in [-0.05, 0) is 12.1 Å². The summed E-state index contributed by atoms with van der Waals surface area (Å²) in [5.41, 5.74) is 5.55. The van der Waals surface area contributed by atoms with Crippen LogP contribution in [-0.4, -0.2) is 13.4 Å². The molecule has 0 radical (unpaired) electrons. The number of hydrogen-bond acceptors (Lipinski definition) is 4. The number of nitrogens with zero attached hydrogens (tertiary/aromatic N) is 1. The van der Waals surface area contributed by atoms with E-state index in [1.807, 2.05) is 4.72 Å². The summed E-state index contributed by atoms with van der Waals surface area (Å²) in [6.45, 7) is 0. The monoisotopic (exact) mass is 188 g/mol. The Balaban J connectivity index is 2.85. The highest BCUT2D eigenvalue weighted by Gasteiger charge is 2.00. The van der Waals surface area contributed by atoms with E-state index in [9.17, 15) is 8.42 Å². The zero-order valence-electron chi connectivity index (χ0n) is 6.06. The first-order chi connectivity index (χ1) is 5.47. The SMILES string of the molecule is Nc1ccc(NS(N)(=O)=O)cn1. The Hall–Kier alpha value is -1.34. The minimum atomic E-state index is -3.72. The van der Waals surface area contributed by atoms with Crippen molar-refractivity contribution in [3.05, 3.63) is 18.3 Å². The van der Waals surface area contributed by atoms with Gasteiger partial charge in [0.05, 0.1) is 11.9 Å². The fraction of sp³-hybridized carbons (Fsp3) is 0. The molecule has 0 unspecified atom stereocenters. The predicted octanol–water partition coefficient (Wildman–Crippen LogP) is -0.721. The molecule has 0 atom stereocenters. The minimum absolute atomic E-state index is 0.284. The van der Waals surface area contributed by atoms with Crippen LogP contribution in [0.4, 0.5) is 11.5 Å². The van der Waals surface area contributed by atoms with E-state index < -0.39 is 10.2 Å². The third-order valence-electron chi connectivity index (χ3n) is 1.05. The summed E-state index contributed by atoms with van der Waals surface area (Å²) in [4.78, 5) is 3.66. The number of anilines is 2. The zero-order chi connectivity index (χ0) is 9.19. The van der Waals surface area contributed by atoms with Crippen LogP contribution in [0.1, 0.15) is 0 Å². The predicted molar refractivity (Wildman–Crippen MR) is 45.4 cm³/mol. The van der Waals surface area contributed by atoms with E-state index >= 15 is 0 Å². The first kappa shape index (κ1) is 8.75. The van der Waals surface area contributed by atoms with Gasteiger partial charge in [-0.3, -0.25) is 4.72 Å². The molecule has 0 aliphatic carbocycles. The smallest absolute Gasteiger partial charge is 0.296 e. The summed E-state index contributed by atoms with van der Waals surface area (Å²) >= 11 is 0. The second kappa shape index (κ2) is 2.95. The highest BCUT2D eigenvalue weighted by Crippen LogP contribution is 2.06. The third kappa shape index (κ3) is 2.72. The standard InChI is InChI=1S/C5H8N4O2S/c6-5-2-1-4(3-8-5)9-12(7,10)11/h1-3,9H,(H2,6,8)(H2,7,10,11). The summed E-state index contributed by atoms with van der Waals surface area (Å²) in [5, 5.41) is 4.71. The summed E-state index contributed by atoms with van der Waals surface area (Å²) < 4.78 is 23.0.